The van der Waals surface area contributed by atoms with Crippen LogP contribution in [-0.4, -0.2) is 30.6 Å². The molecule has 1 aromatic heterocycles. The zero-order valence-corrected chi connectivity index (χ0v) is 9.37. The molecule has 72 valence electrons. The molecule has 0 fully saturated rings. The highest BCUT2D eigenvalue weighted by molar-refractivity contribution is 9.10. The maximum absolute atomic E-state index is 5.45. The molecule has 0 spiro atoms. The topological polar surface area (TPSA) is 55.0 Å². The van der Waals surface area contributed by atoms with Crippen LogP contribution in [0.3, 0.4) is 0 Å². The van der Waals surface area contributed by atoms with Crippen LogP contribution >= 0.6 is 15.9 Å². The first-order chi connectivity index (χ1) is 6.13. The lowest BCUT2D eigenvalue weighted by molar-refractivity contribution is 0.888. The molecule has 1 aromatic rings. The van der Waals surface area contributed by atoms with Crippen LogP contribution in [-0.2, 0) is 6.42 Å². The molecule has 1 heterocycles. The highest BCUT2D eigenvalue weighted by Gasteiger charge is 2.03. The van der Waals surface area contributed by atoms with Gasteiger partial charge in [-0.2, -0.15) is 0 Å². The molecule has 1 rings (SSSR count). The summed E-state index contributed by atoms with van der Waals surface area (Å²) in [4.78, 5) is 10.3. The summed E-state index contributed by atoms with van der Waals surface area (Å²) in [5, 5.41) is 0. The smallest absolute Gasteiger partial charge is 0.198 e. The van der Waals surface area contributed by atoms with E-state index in [-0.39, 0.29) is 0 Å². The van der Waals surface area contributed by atoms with E-state index in [0.29, 0.717) is 11.3 Å². The molecule has 0 bridgehead atoms. The number of hydrogen-bond acceptors (Lipinski definition) is 4. The van der Waals surface area contributed by atoms with Crippen LogP contribution in [0.4, 0.5) is 5.82 Å². The van der Waals surface area contributed by atoms with Crippen molar-refractivity contribution in [2.75, 3.05) is 25.5 Å². The fourth-order valence-electron chi connectivity index (χ4n) is 0.957. The van der Waals surface area contributed by atoms with E-state index in [2.05, 4.69) is 25.9 Å². The molecule has 13 heavy (non-hydrogen) atoms. The van der Waals surface area contributed by atoms with Crippen LogP contribution in [0, 0.1) is 0 Å². The van der Waals surface area contributed by atoms with Crippen molar-refractivity contribution >= 4 is 21.7 Å². The van der Waals surface area contributed by atoms with Crippen molar-refractivity contribution in [3.8, 4) is 0 Å². The van der Waals surface area contributed by atoms with Crippen LogP contribution in [0.15, 0.2) is 10.8 Å². The lowest BCUT2D eigenvalue weighted by Crippen LogP contribution is -2.13. The number of halogens is 1. The van der Waals surface area contributed by atoms with Gasteiger partial charge < -0.3 is 10.6 Å². The van der Waals surface area contributed by atoms with Crippen LogP contribution in [0.2, 0.25) is 0 Å². The third-order valence-electron chi connectivity index (χ3n) is 1.60. The van der Waals surface area contributed by atoms with E-state index in [4.69, 9.17) is 5.73 Å². The number of anilines is 1. The van der Waals surface area contributed by atoms with E-state index in [1.807, 2.05) is 25.1 Å². The van der Waals surface area contributed by atoms with Gasteiger partial charge in [0, 0.05) is 32.3 Å². The third-order valence-corrected chi connectivity index (χ3v) is 1.95. The van der Waals surface area contributed by atoms with Gasteiger partial charge in [-0.25, -0.2) is 9.97 Å². The van der Waals surface area contributed by atoms with Crippen molar-refractivity contribution in [3.05, 3.63) is 16.5 Å². The zero-order valence-electron chi connectivity index (χ0n) is 7.79. The molecular weight excluding hydrogens is 232 g/mol. The monoisotopic (exact) mass is 244 g/mol. The minimum atomic E-state index is 0.607. The van der Waals surface area contributed by atoms with Gasteiger partial charge in [-0.05, 0) is 22.5 Å². The van der Waals surface area contributed by atoms with Crippen LogP contribution in [0.1, 0.15) is 5.69 Å². The first kappa shape index (κ1) is 10.4. The minimum absolute atomic E-state index is 0.607. The maximum atomic E-state index is 5.45. The van der Waals surface area contributed by atoms with Gasteiger partial charge in [-0.1, -0.05) is 0 Å². The summed E-state index contributed by atoms with van der Waals surface area (Å²) in [6.45, 7) is 0.607. The van der Waals surface area contributed by atoms with Crippen molar-refractivity contribution in [1.29, 1.82) is 0 Å². The first-order valence-corrected chi connectivity index (χ1v) is 4.83. The molecule has 0 radical (unpaired) electrons. The molecule has 5 heteroatoms. The lowest BCUT2D eigenvalue weighted by Gasteiger charge is -2.12. The Labute approximate surface area is 86.3 Å². The predicted octanol–water partition coefficient (Wildman–Crippen LogP) is 0.806. The fraction of sp³-hybridized carbons (Fsp3) is 0.500. The summed E-state index contributed by atoms with van der Waals surface area (Å²) in [6.07, 6.45) is 0.780. The van der Waals surface area contributed by atoms with Crippen molar-refractivity contribution in [3.63, 3.8) is 0 Å². The van der Waals surface area contributed by atoms with E-state index < -0.39 is 0 Å². The Morgan fingerprint density at radius 2 is 2.15 bits per heavy atom. The summed E-state index contributed by atoms with van der Waals surface area (Å²) in [5.74, 6) is 0.894. The number of nitrogens with zero attached hydrogens (tertiary/aromatic N) is 3. The van der Waals surface area contributed by atoms with E-state index >= 15 is 0 Å². The van der Waals surface area contributed by atoms with E-state index in [9.17, 15) is 0 Å². The molecule has 0 aliphatic rings. The standard InChI is InChI=1S/C8H13BrN4/c1-13(2)7-5-6(3-4-10)11-8(9)12-7/h5H,3-4,10H2,1-2H3. The van der Waals surface area contributed by atoms with Gasteiger partial charge >= 0.3 is 0 Å². The molecule has 0 aliphatic heterocycles. The summed E-state index contributed by atoms with van der Waals surface area (Å²) in [5.41, 5.74) is 6.41. The molecule has 0 saturated carbocycles. The van der Waals surface area contributed by atoms with Gasteiger partial charge in [0.25, 0.3) is 0 Å². The molecule has 2 N–H and O–H groups in total. The zero-order chi connectivity index (χ0) is 9.84. The quantitative estimate of drug-likeness (QED) is 0.800. The van der Waals surface area contributed by atoms with Gasteiger partial charge in [0.15, 0.2) is 4.73 Å². The SMILES string of the molecule is CN(C)c1cc(CCN)nc(Br)n1. The highest BCUT2D eigenvalue weighted by atomic mass is 79.9. The molecule has 0 amide bonds. The first-order valence-electron chi connectivity index (χ1n) is 4.04. The second kappa shape index (κ2) is 4.53. The predicted molar refractivity (Wildman–Crippen MR) is 56.8 cm³/mol. The Morgan fingerprint density at radius 1 is 1.46 bits per heavy atom. The van der Waals surface area contributed by atoms with Gasteiger partial charge in [-0.3, -0.25) is 0 Å². The van der Waals surface area contributed by atoms with Crippen LogP contribution < -0.4 is 10.6 Å². The second-order valence-electron chi connectivity index (χ2n) is 2.92. The normalized spacial score (nSPS) is 10.2. The summed E-state index contributed by atoms with van der Waals surface area (Å²) in [7, 11) is 3.89. The molecule has 0 aliphatic carbocycles. The lowest BCUT2D eigenvalue weighted by atomic mass is 10.3. The van der Waals surface area contributed by atoms with Crippen LogP contribution in [0.5, 0.6) is 0 Å². The molecule has 0 atom stereocenters. The number of nitrogens with two attached hydrogens (primary N) is 1. The summed E-state index contributed by atoms with van der Waals surface area (Å²) < 4.78 is 0.613. The molecular formula is C8H13BrN4. The average molecular weight is 245 g/mol. The number of aromatic nitrogens is 2. The Kier molecular flexibility index (Phi) is 3.62. The Balaban J connectivity index is 2.96. The molecule has 0 aromatic carbocycles. The highest BCUT2D eigenvalue weighted by Crippen LogP contribution is 2.13. The van der Waals surface area contributed by atoms with Crippen molar-refractivity contribution in [2.24, 2.45) is 5.73 Å². The van der Waals surface area contributed by atoms with E-state index in [1.54, 1.807) is 0 Å². The summed E-state index contributed by atoms with van der Waals surface area (Å²) in [6, 6.07) is 1.94. The van der Waals surface area contributed by atoms with Crippen molar-refractivity contribution in [2.45, 2.75) is 6.42 Å². The average Bonchev–Trinajstić information content (AvgIpc) is 2.03. The summed E-state index contributed by atoms with van der Waals surface area (Å²) >= 11 is 3.26. The Morgan fingerprint density at radius 3 is 2.69 bits per heavy atom. The number of hydrogen-bond donors (Lipinski definition) is 1. The maximum Gasteiger partial charge on any atom is 0.198 e. The van der Waals surface area contributed by atoms with Crippen molar-refractivity contribution < 1.29 is 0 Å². The Hall–Kier alpha value is -0.680. The minimum Gasteiger partial charge on any atom is -0.363 e. The van der Waals surface area contributed by atoms with Crippen LogP contribution in [0.25, 0.3) is 0 Å². The molecule has 0 unspecified atom stereocenters. The van der Waals surface area contributed by atoms with E-state index in [0.717, 1.165) is 17.9 Å². The largest absolute Gasteiger partial charge is 0.363 e. The number of rotatable bonds is 3. The second-order valence-corrected chi connectivity index (χ2v) is 3.63. The third kappa shape index (κ3) is 2.93. The molecule has 4 nitrogen and oxygen atoms in total. The van der Waals surface area contributed by atoms with Gasteiger partial charge in [-0.15, -0.1) is 0 Å². The van der Waals surface area contributed by atoms with E-state index in [1.165, 1.54) is 0 Å². The van der Waals surface area contributed by atoms with Gasteiger partial charge in [0.05, 0.1) is 0 Å². The Bertz CT molecular complexity index is 287. The van der Waals surface area contributed by atoms with Crippen molar-refractivity contribution in [1.82, 2.24) is 9.97 Å². The fourth-order valence-corrected chi connectivity index (χ4v) is 1.37. The van der Waals surface area contributed by atoms with Gasteiger partial charge in [0.1, 0.15) is 5.82 Å². The molecule has 0 saturated heterocycles. The van der Waals surface area contributed by atoms with Gasteiger partial charge in [0.2, 0.25) is 0 Å².